The highest BCUT2D eigenvalue weighted by molar-refractivity contribution is 9.09. The van der Waals surface area contributed by atoms with Gasteiger partial charge in [-0.3, -0.25) is 4.79 Å². The van der Waals surface area contributed by atoms with Gasteiger partial charge in [0.15, 0.2) is 0 Å². The Morgan fingerprint density at radius 1 is 0.966 bits per heavy atom. The molecule has 1 heterocycles. The van der Waals surface area contributed by atoms with Crippen LogP contribution < -0.4 is 5.73 Å². The van der Waals surface area contributed by atoms with Crippen LogP contribution in [0.2, 0.25) is 0 Å². The zero-order chi connectivity index (χ0) is 20.6. The van der Waals surface area contributed by atoms with Crippen molar-refractivity contribution in [3.05, 3.63) is 71.8 Å². The summed E-state index contributed by atoms with van der Waals surface area (Å²) in [5, 5.41) is -0.444. The number of hydrogen-bond acceptors (Lipinski definition) is 6. The molecule has 2 aromatic rings. The number of halogens is 1. The van der Waals surface area contributed by atoms with Crippen LogP contribution in [-0.4, -0.2) is 41.9 Å². The van der Waals surface area contributed by atoms with Gasteiger partial charge in [0.1, 0.15) is 29.9 Å². The number of carbonyl (C=O) groups excluding carboxylic acids is 1. The average Bonchev–Trinajstić information content (AvgIpc) is 2.74. The molecule has 2 N–H and O–H groups in total. The largest absolute Gasteiger partial charge is 0.463 e. The van der Waals surface area contributed by atoms with Crippen LogP contribution in [0.4, 0.5) is 0 Å². The molecule has 0 amide bonds. The Morgan fingerprint density at radius 3 is 2.00 bits per heavy atom. The van der Waals surface area contributed by atoms with E-state index in [2.05, 4.69) is 15.9 Å². The average molecular weight is 464 g/mol. The standard InChI is InChI=1S/C22H26BrNO5/c1-15(25)26-14-18-20(27-12-16-8-4-2-5-9-16)21(19(24)22(23)29-18)28-13-17-10-6-3-7-11-17/h2-11,18-22H,12-14,24H2,1H3/t18?,19?,20-,21?,22+/m1/s1. The van der Waals surface area contributed by atoms with Crippen LogP contribution in [-0.2, 0) is 37.0 Å². The van der Waals surface area contributed by atoms with Crippen molar-refractivity contribution in [2.75, 3.05) is 6.61 Å². The molecule has 3 rings (SSSR count). The molecular weight excluding hydrogens is 438 g/mol. The molecule has 0 aromatic heterocycles. The first-order valence-corrected chi connectivity index (χ1v) is 10.5. The number of nitrogens with two attached hydrogens (primary N) is 1. The number of ether oxygens (including phenoxy) is 4. The summed E-state index contributed by atoms with van der Waals surface area (Å²) >= 11 is 3.47. The summed E-state index contributed by atoms with van der Waals surface area (Å²) in [5.41, 5.74) is 8.44. The normalized spacial score (nSPS) is 26.8. The van der Waals surface area contributed by atoms with Gasteiger partial charge < -0.3 is 24.7 Å². The molecule has 0 bridgehead atoms. The van der Waals surface area contributed by atoms with Gasteiger partial charge >= 0.3 is 5.97 Å². The van der Waals surface area contributed by atoms with Crippen molar-refractivity contribution in [1.29, 1.82) is 0 Å². The molecule has 1 fully saturated rings. The topological polar surface area (TPSA) is 80.0 Å². The lowest BCUT2D eigenvalue weighted by Crippen LogP contribution is -2.62. The predicted molar refractivity (Wildman–Crippen MR) is 112 cm³/mol. The van der Waals surface area contributed by atoms with Crippen LogP contribution in [0.25, 0.3) is 0 Å². The molecule has 6 nitrogen and oxygen atoms in total. The predicted octanol–water partition coefficient (Wildman–Crippen LogP) is 3.17. The first kappa shape index (κ1) is 21.9. The van der Waals surface area contributed by atoms with Gasteiger partial charge in [0.05, 0.1) is 19.3 Å². The quantitative estimate of drug-likeness (QED) is 0.478. The number of benzene rings is 2. The lowest BCUT2D eigenvalue weighted by atomic mass is 9.98. The zero-order valence-electron chi connectivity index (χ0n) is 16.3. The lowest BCUT2D eigenvalue weighted by molar-refractivity contribution is -0.209. The van der Waals surface area contributed by atoms with Crippen molar-refractivity contribution in [2.45, 2.75) is 49.5 Å². The van der Waals surface area contributed by atoms with Crippen LogP contribution in [0, 0.1) is 0 Å². The molecule has 3 unspecified atom stereocenters. The number of carbonyl (C=O) groups is 1. The molecule has 0 aliphatic carbocycles. The molecule has 1 aliphatic heterocycles. The molecule has 1 aliphatic rings. The molecule has 156 valence electrons. The molecule has 0 radical (unpaired) electrons. The molecule has 2 aromatic carbocycles. The van der Waals surface area contributed by atoms with Crippen molar-refractivity contribution >= 4 is 21.9 Å². The van der Waals surface area contributed by atoms with E-state index in [0.717, 1.165) is 11.1 Å². The van der Waals surface area contributed by atoms with Gasteiger partial charge in [-0.2, -0.15) is 0 Å². The third-order valence-corrected chi connectivity index (χ3v) is 5.52. The maximum absolute atomic E-state index is 11.3. The van der Waals surface area contributed by atoms with Crippen molar-refractivity contribution in [2.24, 2.45) is 5.73 Å². The third kappa shape index (κ3) is 6.35. The summed E-state index contributed by atoms with van der Waals surface area (Å²) in [6.45, 7) is 2.19. The Bertz CT molecular complexity index is 760. The third-order valence-electron chi connectivity index (χ3n) is 4.70. The second kappa shape index (κ2) is 10.8. The van der Waals surface area contributed by atoms with Crippen molar-refractivity contribution < 1.29 is 23.7 Å². The van der Waals surface area contributed by atoms with Gasteiger partial charge in [-0.25, -0.2) is 0 Å². The smallest absolute Gasteiger partial charge is 0.302 e. The summed E-state index contributed by atoms with van der Waals surface area (Å²) in [6, 6.07) is 19.2. The fraction of sp³-hybridized carbons (Fsp3) is 0.409. The van der Waals surface area contributed by atoms with E-state index in [1.165, 1.54) is 6.92 Å². The number of rotatable bonds is 8. The van der Waals surface area contributed by atoms with Gasteiger partial charge in [-0.1, -0.05) is 76.6 Å². The van der Waals surface area contributed by atoms with E-state index in [-0.39, 0.29) is 12.6 Å². The second-order valence-electron chi connectivity index (χ2n) is 6.93. The highest BCUT2D eigenvalue weighted by atomic mass is 79.9. The van der Waals surface area contributed by atoms with E-state index in [1.807, 2.05) is 60.7 Å². The molecule has 0 saturated carbocycles. The first-order chi connectivity index (χ1) is 14.0. The van der Waals surface area contributed by atoms with Crippen LogP contribution in [0.5, 0.6) is 0 Å². The summed E-state index contributed by atoms with van der Waals surface area (Å²) in [7, 11) is 0. The molecular formula is C22H26BrNO5. The first-order valence-electron chi connectivity index (χ1n) is 9.54. The Hall–Kier alpha value is -1.77. The van der Waals surface area contributed by atoms with Crippen molar-refractivity contribution in [3.8, 4) is 0 Å². The summed E-state index contributed by atoms with van der Waals surface area (Å²) in [4.78, 5) is 11.3. The molecule has 0 spiro atoms. The fourth-order valence-electron chi connectivity index (χ4n) is 3.19. The summed E-state index contributed by atoms with van der Waals surface area (Å²) in [6.07, 6.45) is -1.45. The van der Waals surface area contributed by atoms with E-state index in [1.54, 1.807) is 0 Å². The highest BCUT2D eigenvalue weighted by Crippen LogP contribution is 2.29. The Labute approximate surface area is 179 Å². The Morgan fingerprint density at radius 2 is 1.48 bits per heavy atom. The van der Waals surface area contributed by atoms with Gasteiger partial charge in [-0.05, 0) is 11.1 Å². The van der Waals surface area contributed by atoms with Crippen LogP contribution in [0.3, 0.4) is 0 Å². The van der Waals surface area contributed by atoms with Crippen LogP contribution in [0.15, 0.2) is 60.7 Å². The summed E-state index contributed by atoms with van der Waals surface area (Å²) in [5.74, 6) is -0.377. The van der Waals surface area contributed by atoms with E-state index >= 15 is 0 Å². The van der Waals surface area contributed by atoms with Gasteiger partial charge in [0, 0.05) is 6.92 Å². The zero-order valence-corrected chi connectivity index (χ0v) is 17.9. The summed E-state index contributed by atoms with van der Waals surface area (Å²) < 4.78 is 23.5. The van der Waals surface area contributed by atoms with Crippen molar-refractivity contribution in [1.82, 2.24) is 0 Å². The minimum atomic E-state index is -0.507. The van der Waals surface area contributed by atoms with Gasteiger partial charge in [-0.15, -0.1) is 0 Å². The van der Waals surface area contributed by atoms with E-state index in [9.17, 15) is 4.79 Å². The lowest BCUT2D eigenvalue weighted by Gasteiger charge is -2.43. The van der Waals surface area contributed by atoms with Crippen LogP contribution in [0.1, 0.15) is 18.1 Å². The van der Waals surface area contributed by atoms with Gasteiger partial charge in [0.2, 0.25) is 0 Å². The van der Waals surface area contributed by atoms with Crippen molar-refractivity contribution in [3.63, 3.8) is 0 Å². The Balaban J connectivity index is 1.75. The molecule has 7 heteroatoms. The van der Waals surface area contributed by atoms with E-state index in [0.29, 0.717) is 13.2 Å². The van der Waals surface area contributed by atoms with Gasteiger partial charge in [0.25, 0.3) is 0 Å². The number of alkyl halides is 1. The Kier molecular flexibility index (Phi) is 8.20. The van der Waals surface area contributed by atoms with Crippen LogP contribution >= 0.6 is 15.9 Å². The molecule has 29 heavy (non-hydrogen) atoms. The number of esters is 1. The monoisotopic (exact) mass is 463 g/mol. The second-order valence-corrected chi connectivity index (χ2v) is 7.83. The van der Waals surface area contributed by atoms with E-state index < -0.39 is 29.4 Å². The number of hydrogen-bond donors (Lipinski definition) is 1. The maximum Gasteiger partial charge on any atom is 0.302 e. The van der Waals surface area contributed by atoms with E-state index in [4.69, 9.17) is 24.7 Å². The molecule has 5 atom stereocenters. The fourth-order valence-corrected chi connectivity index (χ4v) is 3.77. The minimum Gasteiger partial charge on any atom is -0.463 e. The SMILES string of the molecule is CC(=O)OCC1O[C@H](Br)C(N)C(OCc2ccccc2)[C@@H]1OCc1ccccc1. The highest BCUT2D eigenvalue weighted by Gasteiger charge is 2.45. The maximum atomic E-state index is 11.3. The molecule has 1 saturated heterocycles. The minimum absolute atomic E-state index is 0.0643.